The fourth-order valence-corrected chi connectivity index (χ4v) is 1.99. The van der Waals surface area contributed by atoms with Crippen LogP contribution in [0.4, 0.5) is 13.2 Å². The molecule has 0 unspecified atom stereocenters. The minimum atomic E-state index is -4.44. The van der Waals surface area contributed by atoms with Crippen molar-refractivity contribution in [1.82, 2.24) is 14.4 Å². The van der Waals surface area contributed by atoms with E-state index in [1.165, 1.54) is 12.4 Å². The van der Waals surface area contributed by atoms with Gasteiger partial charge in [-0.15, -0.1) is 0 Å². The molecule has 0 amide bonds. The summed E-state index contributed by atoms with van der Waals surface area (Å²) in [5.41, 5.74) is 0.00924. The van der Waals surface area contributed by atoms with E-state index in [4.69, 9.17) is 0 Å². The predicted octanol–water partition coefficient (Wildman–Crippen LogP) is 3.42. The number of pyridine rings is 1. The zero-order chi connectivity index (χ0) is 13.5. The first-order chi connectivity index (χ1) is 9.07. The summed E-state index contributed by atoms with van der Waals surface area (Å²) in [6, 6.07) is 6.24. The fourth-order valence-electron chi connectivity index (χ4n) is 1.99. The Balaban J connectivity index is 2.31. The molecule has 0 fully saturated rings. The van der Waals surface area contributed by atoms with E-state index in [2.05, 4.69) is 9.97 Å². The van der Waals surface area contributed by atoms with Gasteiger partial charge in [-0.05, 0) is 24.3 Å². The zero-order valence-corrected chi connectivity index (χ0v) is 9.59. The van der Waals surface area contributed by atoms with E-state index in [1.54, 1.807) is 28.8 Å². The number of alkyl halides is 3. The SMILES string of the molecule is FC(F)(F)c1ccncc1-c1nccc2cccn12. The van der Waals surface area contributed by atoms with Crippen molar-refractivity contribution in [3.8, 4) is 11.4 Å². The maximum Gasteiger partial charge on any atom is 0.417 e. The molecule has 19 heavy (non-hydrogen) atoms. The third-order valence-electron chi connectivity index (χ3n) is 2.82. The predicted molar refractivity (Wildman–Crippen MR) is 63.4 cm³/mol. The average molecular weight is 263 g/mol. The molecule has 0 bridgehead atoms. The maximum absolute atomic E-state index is 13.0. The molecule has 0 saturated carbocycles. The van der Waals surface area contributed by atoms with Crippen LogP contribution in [0.2, 0.25) is 0 Å². The highest BCUT2D eigenvalue weighted by molar-refractivity contribution is 5.64. The molecule has 3 nitrogen and oxygen atoms in total. The van der Waals surface area contributed by atoms with Gasteiger partial charge in [0.1, 0.15) is 5.82 Å². The molecule has 6 heteroatoms. The normalized spacial score (nSPS) is 11.9. The van der Waals surface area contributed by atoms with Gasteiger partial charge in [0.2, 0.25) is 0 Å². The second kappa shape index (κ2) is 4.08. The van der Waals surface area contributed by atoms with Crippen molar-refractivity contribution in [3.05, 3.63) is 54.6 Å². The molecule has 3 rings (SSSR count). The van der Waals surface area contributed by atoms with Gasteiger partial charge in [-0.2, -0.15) is 13.2 Å². The van der Waals surface area contributed by atoms with Crippen LogP contribution in [0.15, 0.2) is 49.1 Å². The molecule has 3 aromatic rings. The lowest BCUT2D eigenvalue weighted by molar-refractivity contribution is -0.137. The van der Waals surface area contributed by atoms with Gasteiger partial charge in [0.25, 0.3) is 0 Å². The summed E-state index contributed by atoms with van der Waals surface area (Å²) in [4.78, 5) is 7.82. The van der Waals surface area contributed by atoms with E-state index in [1.807, 2.05) is 0 Å². The Hall–Kier alpha value is -2.37. The van der Waals surface area contributed by atoms with E-state index in [0.29, 0.717) is 0 Å². The monoisotopic (exact) mass is 263 g/mol. The average Bonchev–Trinajstić information content (AvgIpc) is 2.85. The van der Waals surface area contributed by atoms with Crippen LogP contribution in [0.1, 0.15) is 5.56 Å². The third-order valence-corrected chi connectivity index (χ3v) is 2.82. The first-order valence-corrected chi connectivity index (χ1v) is 5.51. The van der Waals surface area contributed by atoms with Crippen LogP contribution in [0.5, 0.6) is 0 Å². The molecule has 0 saturated heterocycles. The van der Waals surface area contributed by atoms with Crippen LogP contribution in [-0.2, 0) is 6.18 Å². The van der Waals surface area contributed by atoms with Crippen LogP contribution in [0, 0.1) is 0 Å². The first-order valence-electron chi connectivity index (χ1n) is 5.51. The lowest BCUT2D eigenvalue weighted by Gasteiger charge is -2.12. The topological polar surface area (TPSA) is 30.2 Å². The molecule has 0 aliphatic rings. The van der Waals surface area contributed by atoms with Gasteiger partial charge in [-0.3, -0.25) is 4.98 Å². The number of rotatable bonds is 1. The largest absolute Gasteiger partial charge is 0.417 e. The van der Waals surface area contributed by atoms with E-state index < -0.39 is 11.7 Å². The second-order valence-corrected chi connectivity index (χ2v) is 3.99. The molecule has 3 aromatic heterocycles. The zero-order valence-electron chi connectivity index (χ0n) is 9.59. The summed E-state index contributed by atoms with van der Waals surface area (Å²) in [6.07, 6.45) is 1.03. The summed E-state index contributed by atoms with van der Waals surface area (Å²) in [6.45, 7) is 0. The Labute approximate surface area is 106 Å². The summed E-state index contributed by atoms with van der Waals surface area (Å²) in [5, 5.41) is 0. The Bertz CT molecular complexity index is 731. The molecule has 0 radical (unpaired) electrons. The Kier molecular flexibility index (Phi) is 2.51. The summed E-state index contributed by atoms with van der Waals surface area (Å²) >= 11 is 0. The van der Waals surface area contributed by atoms with Gasteiger partial charge >= 0.3 is 6.18 Å². The maximum atomic E-state index is 13.0. The highest BCUT2D eigenvalue weighted by Gasteiger charge is 2.34. The molecular weight excluding hydrogens is 255 g/mol. The van der Waals surface area contributed by atoms with E-state index in [-0.39, 0.29) is 11.4 Å². The van der Waals surface area contributed by atoms with Crippen molar-refractivity contribution < 1.29 is 13.2 Å². The molecule has 96 valence electrons. The van der Waals surface area contributed by atoms with Crippen LogP contribution in [0.3, 0.4) is 0 Å². The van der Waals surface area contributed by atoms with Gasteiger partial charge in [0, 0.05) is 35.9 Å². The standard InChI is InChI=1S/C13H8F3N3/c14-13(15,16)11-4-5-17-8-10(11)12-18-6-3-9-2-1-7-19(9)12/h1-8H. The van der Waals surface area contributed by atoms with Crippen LogP contribution in [0.25, 0.3) is 16.9 Å². The fraction of sp³-hybridized carbons (Fsp3) is 0.0769. The Morgan fingerprint density at radius 1 is 1.05 bits per heavy atom. The molecular formula is C13H8F3N3. The minimum absolute atomic E-state index is 0.0307. The van der Waals surface area contributed by atoms with E-state index >= 15 is 0 Å². The molecule has 3 heterocycles. The van der Waals surface area contributed by atoms with E-state index in [0.717, 1.165) is 17.8 Å². The van der Waals surface area contributed by atoms with Crippen LogP contribution >= 0.6 is 0 Å². The Morgan fingerprint density at radius 3 is 2.68 bits per heavy atom. The minimum Gasteiger partial charge on any atom is -0.301 e. The van der Waals surface area contributed by atoms with Crippen molar-refractivity contribution in [3.63, 3.8) is 0 Å². The number of hydrogen-bond acceptors (Lipinski definition) is 2. The summed E-state index contributed by atoms with van der Waals surface area (Å²) < 4.78 is 40.6. The molecule has 0 aliphatic heterocycles. The molecule has 0 aromatic carbocycles. The van der Waals surface area contributed by atoms with Gasteiger partial charge in [0.05, 0.1) is 5.56 Å². The number of halogens is 3. The van der Waals surface area contributed by atoms with Crippen LogP contribution < -0.4 is 0 Å². The molecule has 0 N–H and O–H groups in total. The van der Waals surface area contributed by atoms with Crippen molar-refractivity contribution in [2.75, 3.05) is 0 Å². The third kappa shape index (κ3) is 1.95. The lowest BCUT2D eigenvalue weighted by Crippen LogP contribution is -2.09. The van der Waals surface area contributed by atoms with Gasteiger partial charge in [-0.1, -0.05) is 0 Å². The molecule has 0 spiro atoms. The number of nitrogens with zero attached hydrogens (tertiary/aromatic N) is 3. The van der Waals surface area contributed by atoms with Crippen molar-refractivity contribution in [2.24, 2.45) is 0 Å². The van der Waals surface area contributed by atoms with Crippen molar-refractivity contribution in [1.29, 1.82) is 0 Å². The first kappa shape index (κ1) is 11.7. The van der Waals surface area contributed by atoms with Crippen molar-refractivity contribution in [2.45, 2.75) is 6.18 Å². The number of fused-ring (bicyclic) bond motifs is 1. The summed E-state index contributed by atoms with van der Waals surface area (Å²) in [7, 11) is 0. The van der Waals surface area contributed by atoms with Gasteiger partial charge < -0.3 is 4.40 Å². The molecule has 0 aliphatic carbocycles. The number of hydrogen-bond donors (Lipinski definition) is 0. The van der Waals surface area contributed by atoms with Gasteiger partial charge in [0.15, 0.2) is 0 Å². The molecule has 0 atom stereocenters. The second-order valence-electron chi connectivity index (χ2n) is 3.99. The highest BCUT2D eigenvalue weighted by Crippen LogP contribution is 2.35. The van der Waals surface area contributed by atoms with Crippen molar-refractivity contribution >= 4 is 5.52 Å². The Morgan fingerprint density at radius 2 is 1.89 bits per heavy atom. The van der Waals surface area contributed by atoms with Gasteiger partial charge in [-0.25, -0.2) is 4.98 Å². The van der Waals surface area contributed by atoms with Crippen LogP contribution in [-0.4, -0.2) is 14.4 Å². The quantitative estimate of drug-likeness (QED) is 0.673. The lowest BCUT2D eigenvalue weighted by atomic mass is 10.1. The highest BCUT2D eigenvalue weighted by atomic mass is 19.4. The number of aromatic nitrogens is 3. The smallest absolute Gasteiger partial charge is 0.301 e. The summed E-state index contributed by atoms with van der Waals surface area (Å²) in [5.74, 6) is 0.225. The van der Waals surface area contributed by atoms with E-state index in [9.17, 15) is 13.2 Å².